The van der Waals surface area contributed by atoms with Gasteiger partial charge in [-0.15, -0.1) is 0 Å². The molecule has 8 nitrogen and oxygen atoms in total. The highest BCUT2D eigenvalue weighted by molar-refractivity contribution is 7.89. The molecule has 2 unspecified atom stereocenters. The van der Waals surface area contributed by atoms with E-state index in [2.05, 4.69) is 22.1 Å². The number of aromatic nitrogens is 2. The average molecular weight is 432 g/mol. The Hall–Kier alpha value is -2.39. The Morgan fingerprint density at radius 3 is 2.80 bits per heavy atom. The summed E-state index contributed by atoms with van der Waals surface area (Å²) in [6.07, 6.45) is 2.19. The van der Waals surface area contributed by atoms with Crippen molar-refractivity contribution < 1.29 is 13.2 Å². The second-order valence-electron chi connectivity index (χ2n) is 8.16. The van der Waals surface area contributed by atoms with Crippen molar-refractivity contribution in [3.63, 3.8) is 0 Å². The molecule has 162 valence electrons. The Kier molecular flexibility index (Phi) is 5.59. The number of fused-ring (bicyclic) bond motifs is 1. The topological polar surface area (TPSA) is 96.3 Å². The summed E-state index contributed by atoms with van der Waals surface area (Å²) in [5, 5.41) is 7.85. The fraction of sp³-hybridized carbons (Fsp3) is 0.524. The van der Waals surface area contributed by atoms with Crippen LogP contribution in [0.3, 0.4) is 0 Å². The van der Waals surface area contributed by atoms with Crippen LogP contribution in [-0.2, 0) is 16.6 Å². The van der Waals surface area contributed by atoms with E-state index in [0.29, 0.717) is 24.3 Å². The first kappa shape index (κ1) is 20.9. The van der Waals surface area contributed by atoms with Crippen LogP contribution in [0.4, 0.5) is 5.69 Å². The highest BCUT2D eigenvalue weighted by Crippen LogP contribution is 2.31. The van der Waals surface area contributed by atoms with Gasteiger partial charge in [0.05, 0.1) is 23.1 Å². The summed E-state index contributed by atoms with van der Waals surface area (Å²) in [5.41, 5.74) is 2.93. The Morgan fingerprint density at radius 1 is 1.27 bits per heavy atom. The molecule has 2 aromatic rings. The van der Waals surface area contributed by atoms with Crippen LogP contribution in [-0.4, -0.2) is 48.3 Å². The molecule has 2 N–H and O–H groups in total. The Labute approximate surface area is 177 Å². The van der Waals surface area contributed by atoms with Gasteiger partial charge in [-0.2, -0.15) is 9.82 Å². The summed E-state index contributed by atoms with van der Waals surface area (Å²) >= 11 is 0. The molecule has 9 heteroatoms. The first-order valence-electron chi connectivity index (χ1n) is 10.5. The van der Waals surface area contributed by atoms with Crippen molar-refractivity contribution in [2.75, 3.05) is 18.4 Å². The van der Waals surface area contributed by atoms with Gasteiger partial charge < -0.3 is 10.2 Å². The maximum atomic E-state index is 13.3. The van der Waals surface area contributed by atoms with Gasteiger partial charge in [0.25, 0.3) is 5.91 Å². The van der Waals surface area contributed by atoms with Crippen molar-refractivity contribution in [2.24, 2.45) is 5.92 Å². The molecule has 0 radical (unpaired) electrons. The predicted molar refractivity (Wildman–Crippen MR) is 115 cm³/mol. The Bertz CT molecular complexity index is 1060. The molecule has 0 bridgehead atoms. The highest BCUT2D eigenvalue weighted by Gasteiger charge is 2.37. The number of rotatable bonds is 4. The van der Waals surface area contributed by atoms with Crippen LogP contribution in [0.25, 0.3) is 0 Å². The molecular formula is C21H29N5O3S. The number of anilines is 1. The van der Waals surface area contributed by atoms with Gasteiger partial charge in [-0.25, -0.2) is 8.42 Å². The number of aryl methyl sites for hydroxylation is 2. The summed E-state index contributed by atoms with van der Waals surface area (Å²) in [6.45, 7) is 7.86. The third-order valence-corrected chi connectivity index (χ3v) is 7.52. The molecule has 1 fully saturated rings. The highest BCUT2D eigenvalue weighted by atomic mass is 32.2. The van der Waals surface area contributed by atoms with Crippen LogP contribution in [0.1, 0.15) is 47.9 Å². The predicted octanol–water partition coefficient (Wildman–Crippen LogP) is 2.49. The normalized spacial score (nSPS) is 23.0. The molecule has 3 heterocycles. The van der Waals surface area contributed by atoms with Crippen LogP contribution in [0.15, 0.2) is 29.2 Å². The van der Waals surface area contributed by atoms with Crippen molar-refractivity contribution in [1.29, 1.82) is 0 Å². The summed E-state index contributed by atoms with van der Waals surface area (Å²) in [6, 6.07) is 6.91. The van der Waals surface area contributed by atoms with Crippen LogP contribution >= 0.6 is 0 Å². The van der Waals surface area contributed by atoms with E-state index in [1.807, 2.05) is 29.5 Å². The summed E-state index contributed by atoms with van der Waals surface area (Å²) in [7, 11) is -3.58. The second kappa shape index (κ2) is 8.03. The number of sulfonamides is 1. The van der Waals surface area contributed by atoms with Gasteiger partial charge >= 0.3 is 0 Å². The van der Waals surface area contributed by atoms with E-state index in [1.165, 1.54) is 0 Å². The number of piperidine rings is 1. The first-order valence-corrected chi connectivity index (χ1v) is 12.0. The number of para-hydroxylation sites is 1. The lowest BCUT2D eigenvalue weighted by molar-refractivity contribution is 0.0657. The molecule has 1 aromatic heterocycles. The molecular weight excluding hydrogens is 402 g/mol. The lowest BCUT2D eigenvalue weighted by Crippen LogP contribution is -2.54. The SMILES string of the molecule is CCCn1nc(C)c(C(=O)N2CCCC(C3Nc4ccccc4S(=O)(=O)N3)C2)c1C. The van der Waals surface area contributed by atoms with Crippen LogP contribution < -0.4 is 10.0 Å². The van der Waals surface area contributed by atoms with E-state index in [1.54, 1.807) is 18.2 Å². The van der Waals surface area contributed by atoms with Gasteiger partial charge in [0.2, 0.25) is 10.0 Å². The van der Waals surface area contributed by atoms with E-state index in [9.17, 15) is 13.2 Å². The van der Waals surface area contributed by atoms with Gasteiger partial charge in [-0.1, -0.05) is 19.1 Å². The van der Waals surface area contributed by atoms with E-state index in [0.717, 1.165) is 37.2 Å². The first-order chi connectivity index (χ1) is 14.3. The third-order valence-electron chi connectivity index (χ3n) is 6.02. The number of nitrogens with zero attached hydrogens (tertiary/aromatic N) is 3. The summed E-state index contributed by atoms with van der Waals surface area (Å²) in [5.74, 6) is -0.0340. The van der Waals surface area contributed by atoms with E-state index >= 15 is 0 Å². The maximum Gasteiger partial charge on any atom is 0.257 e. The molecule has 2 atom stereocenters. The fourth-order valence-corrected chi connectivity index (χ4v) is 5.91. The van der Waals surface area contributed by atoms with Crippen LogP contribution in [0.5, 0.6) is 0 Å². The summed E-state index contributed by atoms with van der Waals surface area (Å²) < 4.78 is 30.0. The molecule has 30 heavy (non-hydrogen) atoms. The monoisotopic (exact) mass is 431 g/mol. The lowest BCUT2D eigenvalue weighted by Gasteiger charge is -2.39. The molecule has 4 rings (SSSR count). The van der Waals surface area contributed by atoms with Crippen molar-refractivity contribution >= 4 is 21.6 Å². The van der Waals surface area contributed by atoms with Crippen molar-refractivity contribution in [2.45, 2.75) is 57.6 Å². The number of likely N-dealkylation sites (tertiary alicyclic amines) is 1. The second-order valence-corrected chi connectivity index (χ2v) is 9.84. The Balaban J connectivity index is 1.54. The van der Waals surface area contributed by atoms with Crippen molar-refractivity contribution in [1.82, 2.24) is 19.4 Å². The largest absolute Gasteiger partial charge is 0.368 e. The zero-order valence-corrected chi connectivity index (χ0v) is 18.5. The fourth-order valence-electron chi connectivity index (χ4n) is 4.52. The standard InChI is InChI=1S/C21H29N5O3S/c1-4-11-26-15(3)19(14(2)23-26)21(27)25-12-7-8-16(13-25)20-22-17-9-5-6-10-18(17)30(28,29)24-20/h5-6,9-10,16,20,22,24H,4,7-8,11-13H2,1-3H3. The number of benzene rings is 1. The number of carbonyl (C=O) groups is 1. The number of hydrogen-bond acceptors (Lipinski definition) is 5. The lowest BCUT2D eigenvalue weighted by atomic mass is 9.94. The smallest absolute Gasteiger partial charge is 0.257 e. The minimum absolute atomic E-state index is 0.0165. The molecule has 0 saturated carbocycles. The van der Waals surface area contributed by atoms with Crippen LogP contribution in [0, 0.1) is 19.8 Å². The maximum absolute atomic E-state index is 13.3. The van der Waals surface area contributed by atoms with Gasteiger partial charge in [0, 0.05) is 31.2 Å². The molecule has 0 spiro atoms. The quantitative estimate of drug-likeness (QED) is 0.775. The van der Waals surface area contributed by atoms with E-state index in [4.69, 9.17) is 0 Å². The minimum Gasteiger partial charge on any atom is -0.368 e. The van der Waals surface area contributed by atoms with E-state index < -0.39 is 16.2 Å². The zero-order chi connectivity index (χ0) is 21.5. The molecule has 1 saturated heterocycles. The van der Waals surface area contributed by atoms with Gasteiger partial charge in [-0.3, -0.25) is 9.48 Å². The Morgan fingerprint density at radius 2 is 2.03 bits per heavy atom. The number of hydrogen-bond donors (Lipinski definition) is 2. The summed E-state index contributed by atoms with van der Waals surface area (Å²) in [4.78, 5) is 15.4. The molecule has 1 amide bonds. The molecule has 2 aliphatic rings. The van der Waals surface area contributed by atoms with Crippen LogP contribution in [0.2, 0.25) is 0 Å². The van der Waals surface area contributed by atoms with Crippen molar-refractivity contribution in [3.8, 4) is 0 Å². The minimum atomic E-state index is -3.58. The van der Waals surface area contributed by atoms with Gasteiger partial charge in [0.1, 0.15) is 4.90 Å². The molecule has 1 aromatic carbocycles. The molecule has 0 aliphatic carbocycles. The molecule has 2 aliphatic heterocycles. The number of amides is 1. The number of nitrogens with one attached hydrogen (secondary N) is 2. The van der Waals surface area contributed by atoms with Gasteiger partial charge in [-0.05, 0) is 45.2 Å². The third kappa shape index (κ3) is 3.72. The zero-order valence-electron chi connectivity index (χ0n) is 17.7. The van der Waals surface area contributed by atoms with Crippen molar-refractivity contribution in [3.05, 3.63) is 41.2 Å². The van der Waals surface area contributed by atoms with E-state index in [-0.39, 0.29) is 16.7 Å². The number of carbonyl (C=O) groups excluding carboxylic acids is 1. The van der Waals surface area contributed by atoms with Gasteiger partial charge in [0.15, 0.2) is 0 Å². The average Bonchev–Trinajstić information content (AvgIpc) is 3.00.